The zero-order valence-corrected chi connectivity index (χ0v) is 10.3. The van der Waals surface area contributed by atoms with Crippen molar-refractivity contribution in [3.05, 3.63) is 52.8 Å². The van der Waals surface area contributed by atoms with Crippen molar-refractivity contribution in [3.63, 3.8) is 0 Å². The van der Waals surface area contributed by atoms with Crippen LogP contribution in [0.3, 0.4) is 0 Å². The molecular weight excluding hydrogens is 279 g/mol. The summed E-state index contributed by atoms with van der Waals surface area (Å²) in [6, 6.07) is 5.11. The number of hydrogen-bond acceptors (Lipinski definition) is 2. The van der Waals surface area contributed by atoms with Crippen molar-refractivity contribution < 1.29 is 18.3 Å². The summed E-state index contributed by atoms with van der Waals surface area (Å²) in [6.07, 6.45) is -1.93. The van der Waals surface area contributed by atoms with Gasteiger partial charge in [-0.1, -0.05) is 29.8 Å². The van der Waals surface area contributed by atoms with Gasteiger partial charge < -0.3 is 5.11 Å². The maximum atomic E-state index is 13.0. The lowest BCUT2D eigenvalue weighted by molar-refractivity contribution is -0.137. The van der Waals surface area contributed by atoms with Gasteiger partial charge in [-0.05, 0) is 11.6 Å². The van der Waals surface area contributed by atoms with Gasteiger partial charge in [-0.25, -0.2) is 0 Å². The summed E-state index contributed by atoms with van der Waals surface area (Å²) in [7, 11) is 0. The highest BCUT2D eigenvalue weighted by Gasteiger charge is 2.33. The van der Waals surface area contributed by atoms with Gasteiger partial charge in [-0.2, -0.15) is 13.2 Å². The van der Waals surface area contributed by atoms with Crippen LogP contribution in [-0.4, -0.2) is 10.1 Å². The van der Waals surface area contributed by atoms with Gasteiger partial charge in [0.1, 0.15) is 0 Å². The minimum absolute atomic E-state index is 0.0472. The molecule has 0 radical (unpaired) electrons. The number of aromatic nitrogens is 1. The molecule has 100 valence electrons. The number of rotatable bonds is 2. The molecule has 2 nitrogen and oxygen atoms in total. The van der Waals surface area contributed by atoms with Gasteiger partial charge in [0.15, 0.2) is 0 Å². The van der Waals surface area contributed by atoms with Crippen LogP contribution in [-0.2, 0) is 12.8 Å². The Bertz CT molecular complexity index is 599. The monoisotopic (exact) mass is 287 g/mol. The fraction of sp³-hybridized carbons (Fsp3) is 0.154. The van der Waals surface area contributed by atoms with E-state index in [2.05, 4.69) is 4.98 Å². The summed E-state index contributed by atoms with van der Waals surface area (Å²) in [6.45, 7) is -0.455. The number of pyridine rings is 1. The van der Waals surface area contributed by atoms with E-state index >= 15 is 0 Å². The molecule has 0 saturated heterocycles. The number of hydrogen-bond donors (Lipinski definition) is 1. The van der Waals surface area contributed by atoms with Crippen LogP contribution in [0.25, 0.3) is 11.1 Å². The molecule has 0 saturated carbocycles. The van der Waals surface area contributed by atoms with Gasteiger partial charge in [-0.15, -0.1) is 0 Å². The summed E-state index contributed by atoms with van der Waals surface area (Å²) in [5, 5.41) is 9.40. The lowest BCUT2D eigenvalue weighted by Gasteiger charge is -2.15. The Labute approximate surface area is 112 Å². The van der Waals surface area contributed by atoms with Crippen LogP contribution in [0.2, 0.25) is 5.02 Å². The number of halogens is 4. The Morgan fingerprint density at radius 3 is 2.42 bits per heavy atom. The lowest BCUT2D eigenvalue weighted by Crippen LogP contribution is -2.08. The average molecular weight is 288 g/mol. The van der Waals surface area contributed by atoms with E-state index in [0.29, 0.717) is 0 Å². The third-order valence-electron chi connectivity index (χ3n) is 2.69. The molecule has 1 aromatic carbocycles. The van der Waals surface area contributed by atoms with E-state index < -0.39 is 18.3 Å². The quantitative estimate of drug-likeness (QED) is 0.908. The third-order valence-corrected chi connectivity index (χ3v) is 3.01. The molecule has 2 aromatic rings. The minimum Gasteiger partial charge on any atom is -0.392 e. The van der Waals surface area contributed by atoms with E-state index in [1.807, 2.05) is 0 Å². The Hall–Kier alpha value is -1.59. The van der Waals surface area contributed by atoms with E-state index in [9.17, 15) is 18.3 Å². The molecule has 1 heterocycles. The van der Waals surface area contributed by atoms with E-state index in [-0.39, 0.29) is 21.7 Å². The van der Waals surface area contributed by atoms with Crippen molar-refractivity contribution in [1.29, 1.82) is 0 Å². The van der Waals surface area contributed by atoms with E-state index in [1.165, 1.54) is 30.6 Å². The van der Waals surface area contributed by atoms with Crippen molar-refractivity contribution in [2.24, 2.45) is 0 Å². The van der Waals surface area contributed by atoms with Crippen molar-refractivity contribution in [3.8, 4) is 11.1 Å². The van der Waals surface area contributed by atoms with Gasteiger partial charge in [0, 0.05) is 23.5 Å². The van der Waals surface area contributed by atoms with Crippen molar-refractivity contribution in [2.45, 2.75) is 12.8 Å². The van der Waals surface area contributed by atoms with Crippen LogP contribution >= 0.6 is 11.6 Å². The molecule has 2 rings (SSSR count). The molecule has 19 heavy (non-hydrogen) atoms. The summed E-state index contributed by atoms with van der Waals surface area (Å²) in [4.78, 5) is 3.78. The van der Waals surface area contributed by atoms with Gasteiger partial charge in [-0.3, -0.25) is 4.98 Å². The second kappa shape index (κ2) is 5.19. The molecule has 1 aromatic heterocycles. The molecule has 6 heteroatoms. The zero-order chi connectivity index (χ0) is 14.0. The number of alkyl halides is 3. The van der Waals surface area contributed by atoms with Gasteiger partial charge in [0.25, 0.3) is 0 Å². The fourth-order valence-corrected chi connectivity index (χ4v) is 2.04. The molecular formula is C13H9ClF3NO. The van der Waals surface area contributed by atoms with Gasteiger partial charge >= 0.3 is 6.18 Å². The Morgan fingerprint density at radius 1 is 1.11 bits per heavy atom. The maximum Gasteiger partial charge on any atom is 0.417 e. The number of aliphatic hydroxyl groups is 1. The highest BCUT2D eigenvalue weighted by molar-refractivity contribution is 6.31. The standard InChI is InChI=1S/C13H9ClF3NO/c14-12-6-18-5-9(10(12)7-19)8-3-1-2-4-11(8)13(15,16)17/h1-6,19H,7H2. The largest absolute Gasteiger partial charge is 0.417 e. The second-order valence-electron chi connectivity index (χ2n) is 3.85. The molecule has 0 bridgehead atoms. The smallest absolute Gasteiger partial charge is 0.392 e. The molecule has 0 aliphatic heterocycles. The van der Waals surface area contributed by atoms with E-state index in [4.69, 9.17) is 11.6 Å². The molecule has 0 atom stereocenters. The molecule has 0 aliphatic rings. The first kappa shape index (κ1) is 13.8. The topological polar surface area (TPSA) is 33.1 Å². The van der Waals surface area contributed by atoms with Crippen LogP contribution in [0.15, 0.2) is 36.7 Å². The van der Waals surface area contributed by atoms with Crippen LogP contribution in [0, 0.1) is 0 Å². The summed E-state index contributed by atoms with van der Waals surface area (Å²) >= 11 is 5.84. The van der Waals surface area contributed by atoms with E-state index in [0.717, 1.165) is 6.07 Å². The molecule has 0 fully saturated rings. The van der Waals surface area contributed by atoms with Gasteiger partial charge in [0.2, 0.25) is 0 Å². The first-order valence-electron chi connectivity index (χ1n) is 5.35. The minimum atomic E-state index is -4.48. The van der Waals surface area contributed by atoms with Crippen molar-refractivity contribution in [1.82, 2.24) is 4.98 Å². The average Bonchev–Trinajstić information content (AvgIpc) is 2.37. The highest BCUT2D eigenvalue weighted by Crippen LogP contribution is 2.38. The van der Waals surface area contributed by atoms with Gasteiger partial charge in [0.05, 0.1) is 17.2 Å². The van der Waals surface area contributed by atoms with E-state index in [1.54, 1.807) is 0 Å². The molecule has 0 amide bonds. The van der Waals surface area contributed by atoms with Crippen LogP contribution < -0.4 is 0 Å². The second-order valence-corrected chi connectivity index (χ2v) is 4.26. The SMILES string of the molecule is OCc1c(Cl)cncc1-c1ccccc1C(F)(F)F. The number of benzene rings is 1. The number of nitrogens with zero attached hydrogens (tertiary/aromatic N) is 1. The molecule has 0 unspecified atom stereocenters. The maximum absolute atomic E-state index is 13.0. The predicted molar refractivity (Wildman–Crippen MR) is 65.6 cm³/mol. The predicted octanol–water partition coefficient (Wildman–Crippen LogP) is 3.91. The molecule has 0 spiro atoms. The Kier molecular flexibility index (Phi) is 3.78. The first-order valence-corrected chi connectivity index (χ1v) is 5.72. The lowest BCUT2D eigenvalue weighted by atomic mass is 9.97. The highest BCUT2D eigenvalue weighted by atomic mass is 35.5. The van der Waals surface area contributed by atoms with Crippen LogP contribution in [0.4, 0.5) is 13.2 Å². The third kappa shape index (κ3) is 2.72. The normalized spacial score (nSPS) is 11.6. The summed E-state index contributed by atoms with van der Waals surface area (Å²) in [5.41, 5.74) is -0.417. The van der Waals surface area contributed by atoms with Crippen molar-refractivity contribution >= 4 is 11.6 Å². The Balaban J connectivity index is 2.70. The Morgan fingerprint density at radius 2 is 1.79 bits per heavy atom. The van der Waals surface area contributed by atoms with Crippen molar-refractivity contribution in [2.75, 3.05) is 0 Å². The molecule has 0 aliphatic carbocycles. The van der Waals surface area contributed by atoms with Crippen LogP contribution in [0.5, 0.6) is 0 Å². The zero-order valence-electron chi connectivity index (χ0n) is 9.58. The van der Waals surface area contributed by atoms with Crippen LogP contribution in [0.1, 0.15) is 11.1 Å². The number of aliphatic hydroxyl groups excluding tert-OH is 1. The first-order chi connectivity index (χ1) is 8.95. The summed E-state index contributed by atoms with van der Waals surface area (Å²) < 4.78 is 38.9. The summed E-state index contributed by atoms with van der Waals surface area (Å²) in [5.74, 6) is 0. The fourth-order valence-electron chi connectivity index (χ4n) is 1.82. The molecule has 1 N–H and O–H groups in total.